The maximum atomic E-state index is 14.4. The highest BCUT2D eigenvalue weighted by Gasteiger charge is 2.30. The van der Waals surface area contributed by atoms with Gasteiger partial charge >= 0.3 is 0 Å². The molecule has 0 amide bonds. The molecule has 1 aliphatic carbocycles. The Hall–Kier alpha value is -3.30. The molecular weight excluding hydrogens is 472 g/mol. The number of nitrogens with zero attached hydrogens (tertiary/aromatic N) is 3. The van der Waals surface area contributed by atoms with E-state index in [0.29, 0.717) is 37.2 Å². The van der Waals surface area contributed by atoms with Crippen molar-refractivity contribution in [2.45, 2.75) is 25.3 Å². The number of thiophene rings is 1. The second kappa shape index (κ2) is 7.36. The predicted octanol–water partition coefficient (Wildman–Crippen LogP) is 5.83. The molecule has 6 rings (SSSR count). The Kier molecular flexibility index (Phi) is 4.53. The van der Waals surface area contributed by atoms with Gasteiger partial charge in [-0.05, 0) is 42.5 Å². The van der Waals surface area contributed by atoms with Crippen LogP contribution in [-0.2, 0) is 6.54 Å². The number of rotatable bonds is 4. The molecule has 10 heteroatoms. The first-order chi connectivity index (χ1) is 15.9. The first-order valence-corrected chi connectivity index (χ1v) is 11.3. The average molecular weight is 486 g/mol. The molecule has 2 aromatic carbocycles. The monoisotopic (exact) mass is 485 g/mol. The lowest BCUT2D eigenvalue weighted by Gasteiger charge is -2.15. The third-order valence-electron chi connectivity index (χ3n) is 5.84. The molecule has 0 saturated heterocycles. The molecule has 0 bridgehead atoms. The molecule has 3 heterocycles. The van der Waals surface area contributed by atoms with Crippen molar-refractivity contribution in [3.8, 4) is 17.1 Å². The molecule has 0 radical (unpaired) electrons. The topological polar surface area (TPSA) is 81.2 Å². The largest absolute Gasteiger partial charge is 0.505 e. The van der Waals surface area contributed by atoms with Gasteiger partial charge in [0.25, 0.3) is 5.56 Å². The van der Waals surface area contributed by atoms with Crippen LogP contribution in [0.25, 0.3) is 31.7 Å². The van der Waals surface area contributed by atoms with Crippen LogP contribution in [0.3, 0.4) is 0 Å². The van der Waals surface area contributed by atoms with Crippen LogP contribution in [0.15, 0.2) is 45.8 Å². The van der Waals surface area contributed by atoms with E-state index in [9.17, 15) is 18.7 Å². The molecular formula is C23H14ClF2N3O3S. The number of fused-ring (bicyclic) bond motifs is 3. The molecule has 1 saturated carbocycles. The molecule has 0 unspecified atom stereocenters. The van der Waals surface area contributed by atoms with E-state index in [0.717, 1.165) is 30.2 Å². The Morgan fingerprint density at radius 3 is 2.73 bits per heavy atom. The molecule has 3 aromatic heterocycles. The smallest absolute Gasteiger partial charge is 0.263 e. The maximum Gasteiger partial charge on any atom is 0.263 e. The van der Waals surface area contributed by atoms with E-state index in [-0.39, 0.29) is 29.1 Å². The average Bonchev–Trinajstić information content (AvgIpc) is 3.37. The number of aromatic hydroxyl groups is 1. The Labute approximate surface area is 193 Å². The first kappa shape index (κ1) is 20.3. The van der Waals surface area contributed by atoms with E-state index >= 15 is 0 Å². The number of halogens is 3. The van der Waals surface area contributed by atoms with Crippen LogP contribution in [0, 0.1) is 11.6 Å². The minimum Gasteiger partial charge on any atom is -0.505 e. The molecule has 166 valence electrons. The summed E-state index contributed by atoms with van der Waals surface area (Å²) in [6.45, 7) is -0.00286. The summed E-state index contributed by atoms with van der Waals surface area (Å²) in [5, 5.41) is 15.1. The van der Waals surface area contributed by atoms with Crippen molar-refractivity contribution >= 4 is 43.2 Å². The van der Waals surface area contributed by atoms with Crippen LogP contribution in [0.5, 0.6) is 5.75 Å². The standard InChI is InChI=1S/C23H14ClF2N3O3S/c24-15-4-3-12-18-22(33-20(12)19(15)30)28-21(29(23(18)31)9-11-5-6-27-32-11)14-8-17(26)16(25)7-13(14)10-1-2-10/h3-8,10,30H,1-2,9H2. The number of hydrogen-bond donors (Lipinski definition) is 1. The van der Waals surface area contributed by atoms with E-state index in [1.54, 1.807) is 12.1 Å². The Morgan fingerprint density at radius 2 is 2.00 bits per heavy atom. The zero-order chi connectivity index (χ0) is 22.9. The van der Waals surface area contributed by atoms with Gasteiger partial charge in [0.2, 0.25) is 0 Å². The highest BCUT2D eigenvalue weighted by Crippen LogP contribution is 2.46. The summed E-state index contributed by atoms with van der Waals surface area (Å²) in [7, 11) is 0. The summed E-state index contributed by atoms with van der Waals surface area (Å²) >= 11 is 7.18. The summed E-state index contributed by atoms with van der Waals surface area (Å²) in [6.07, 6.45) is 3.16. The van der Waals surface area contributed by atoms with Gasteiger partial charge in [-0.1, -0.05) is 22.8 Å². The molecule has 0 spiro atoms. The van der Waals surface area contributed by atoms with E-state index in [4.69, 9.17) is 21.1 Å². The highest BCUT2D eigenvalue weighted by atomic mass is 35.5. The second-order valence-electron chi connectivity index (χ2n) is 7.99. The third-order valence-corrected chi connectivity index (χ3v) is 7.25. The second-order valence-corrected chi connectivity index (χ2v) is 9.39. The fraction of sp³-hybridized carbons (Fsp3) is 0.174. The molecule has 33 heavy (non-hydrogen) atoms. The number of phenolic OH excluding ortho intramolecular Hbond substituents is 1. The van der Waals surface area contributed by atoms with E-state index in [1.165, 1.54) is 22.9 Å². The van der Waals surface area contributed by atoms with Gasteiger partial charge in [0.05, 0.1) is 27.9 Å². The van der Waals surface area contributed by atoms with Gasteiger partial charge < -0.3 is 9.63 Å². The van der Waals surface area contributed by atoms with Gasteiger partial charge in [0.1, 0.15) is 10.7 Å². The maximum absolute atomic E-state index is 14.4. The van der Waals surface area contributed by atoms with E-state index < -0.39 is 17.2 Å². The quantitative estimate of drug-likeness (QED) is 0.346. The van der Waals surface area contributed by atoms with Gasteiger partial charge in [-0.2, -0.15) is 0 Å². The molecule has 6 nitrogen and oxygen atoms in total. The summed E-state index contributed by atoms with van der Waals surface area (Å²) in [5.74, 6) is -1.41. The van der Waals surface area contributed by atoms with Gasteiger partial charge in [0.15, 0.2) is 23.1 Å². The minimum atomic E-state index is -1.02. The summed E-state index contributed by atoms with van der Waals surface area (Å²) < 4.78 is 35.5. The zero-order valence-corrected chi connectivity index (χ0v) is 18.4. The summed E-state index contributed by atoms with van der Waals surface area (Å²) in [4.78, 5) is 18.8. The van der Waals surface area contributed by atoms with Gasteiger partial charge in [-0.3, -0.25) is 9.36 Å². The Bertz CT molecular complexity index is 1620. The number of phenols is 1. The van der Waals surface area contributed by atoms with Gasteiger partial charge in [-0.25, -0.2) is 13.8 Å². The SMILES string of the molecule is O=c1c2c(nc(-c3cc(F)c(F)cc3C3CC3)n1Cc1ccno1)sc1c(O)c(Cl)ccc12. The lowest BCUT2D eigenvalue weighted by molar-refractivity contribution is 0.375. The fourth-order valence-electron chi connectivity index (χ4n) is 4.10. The molecule has 1 fully saturated rings. The van der Waals surface area contributed by atoms with Crippen LogP contribution >= 0.6 is 22.9 Å². The normalized spacial score (nSPS) is 13.9. The van der Waals surface area contributed by atoms with Crippen molar-refractivity contribution in [2.75, 3.05) is 0 Å². The van der Waals surface area contributed by atoms with Crippen LogP contribution in [0.1, 0.15) is 30.1 Å². The third kappa shape index (κ3) is 3.22. The minimum absolute atomic E-state index is 0.00286. The Morgan fingerprint density at radius 1 is 1.21 bits per heavy atom. The van der Waals surface area contributed by atoms with E-state index in [2.05, 4.69) is 5.16 Å². The van der Waals surface area contributed by atoms with Crippen LogP contribution < -0.4 is 5.56 Å². The van der Waals surface area contributed by atoms with Crippen molar-refractivity contribution in [1.29, 1.82) is 0 Å². The number of hydrogen-bond acceptors (Lipinski definition) is 6. The van der Waals surface area contributed by atoms with Crippen molar-refractivity contribution in [1.82, 2.24) is 14.7 Å². The first-order valence-electron chi connectivity index (χ1n) is 10.2. The van der Waals surface area contributed by atoms with Gasteiger partial charge in [-0.15, -0.1) is 11.3 Å². The summed E-state index contributed by atoms with van der Waals surface area (Å²) in [6, 6.07) is 7.07. The van der Waals surface area contributed by atoms with Crippen molar-refractivity contribution in [3.05, 3.63) is 74.9 Å². The highest BCUT2D eigenvalue weighted by molar-refractivity contribution is 7.25. The Balaban J connectivity index is 1.71. The van der Waals surface area contributed by atoms with Crippen molar-refractivity contribution in [3.63, 3.8) is 0 Å². The molecule has 5 aromatic rings. The molecule has 1 N–H and O–H groups in total. The van der Waals surface area contributed by atoms with Crippen molar-refractivity contribution < 1.29 is 18.4 Å². The molecule has 1 aliphatic rings. The zero-order valence-electron chi connectivity index (χ0n) is 16.8. The lowest BCUT2D eigenvalue weighted by atomic mass is 10.0. The fourth-order valence-corrected chi connectivity index (χ4v) is 5.43. The molecule has 0 aliphatic heterocycles. The van der Waals surface area contributed by atoms with Crippen molar-refractivity contribution in [2.24, 2.45) is 0 Å². The summed E-state index contributed by atoms with van der Waals surface area (Å²) in [5.41, 5.74) is 0.568. The predicted molar refractivity (Wildman–Crippen MR) is 121 cm³/mol. The van der Waals surface area contributed by atoms with E-state index in [1.807, 2.05) is 0 Å². The van der Waals surface area contributed by atoms with Crippen LogP contribution in [0.2, 0.25) is 5.02 Å². The van der Waals surface area contributed by atoms with Gasteiger partial charge in [0, 0.05) is 17.0 Å². The number of benzene rings is 2. The lowest BCUT2D eigenvalue weighted by Crippen LogP contribution is -2.24. The molecule has 0 atom stereocenters. The number of aromatic nitrogens is 3. The van der Waals surface area contributed by atoms with Crippen LogP contribution in [-0.4, -0.2) is 19.8 Å². The van der Waals surface area contributed by atoms with Crippen LogP contribution in [0.4, 0.5) is 8.78 Å².